The number of aromatic nitrogens is 1. The maximum atomic E-state index is 5.88. The van der Waals surface area contributed by atoms with Gasteiger partial charge in [0.15, 0.2) is 0 Å². The summed E-state index contributed by atoms with van der Waals surface area (Å²) >= 11 is 0. The van der Waals surface area contributed by atoms with Crippen LogP contribution in [0.15, 0.2) is 29.4 Å². The molecule has 2 N–H and O–H groups in total. The number of amidine groups is 1. The van der Waals surface area contributed by atoms with E-state index in [2.05, 4.69) is 37.7 Å². The van der Waals surface area contributed by atoms with E-state index in [1.165, 1.54) is 0 Å². The summed E-state index contributed by atoms with van der Waals surface area (Å²) in [5, 5.41) is 0. The van der Waals surface area contributed by atoms with Crippen LogP contribution in [0.25, 0.3) is 0 Å². The SMILES string of the molecule is CC(N=C(N)c1ccccn1)C(C)(C)C. The quantitative estimate of drug-likeness (QED) is 0.594. The van der Waals surface area contributed by atoms with Gasteiger partial charge in [0, 0.05) is 6.20 Å². The predicted octanol–water partition coefficient (Wildman–Crippen LogP) is 2.22. The molecule has 3 heteroatoms. The number of nitrogens with zero attached hydrogens (tertiary/aromatic N) is 2. The summed E-state index contributed by atoms with van der Waals surface area (Å²) in [6.45, 7) is 8.50. The monoisotopic (exact) mass is 205 g/mol. The first-order valence-electron chi connectivity index (χ1n) is 5.16. The van der Waals surface area contributed by atoms with E-state index in [0.717, 1.165) is 5.69 Å². The molecule has 0 fully saturated rings. The Morgan fingerprint density at radius 2 is 2.07 bits per heavy atom. The van der Waals surface area contributed by atoms with Crippen LogP contribution >= 0.6 is 0 Å². The van der Waals surface area contributed by atoms with E-state index in [-0.39, 0.29) is 11.5 Å². The van der Waals surface area contributed by atoms with Gasteiger partial charge in [0.1, 0.15) is 11.5 Å². The first kappa shape index (κ1) is 11.7. The minimum absolute atomic E-state index is 0.124. The molecule has 0 spiro atoms. The maximum Gasteiger partial charge on any atom is 0.144 e. The lowest BCUT2D eigenvalue weighted by atomic mass is 9.88. The standard InChI is InChI=1S/C12H19N3/c1-9(12(2,3)4)15-11(13)10-7-5-6-8-14-10/h5-9H,1-4H3,(H2,13,15). The van der Waals surface area contributed by atoms with E-state index in [0.29, 0.717) is 5.84 Å². The van der Waals surface area contributed by atoms with Crippen molar-refractivity contribution in [1.82, 2.24) is 4.98 Å². The molecule has 1 unspecified atom stereocenters. The minimum atomic E-state index is 0.124. The zero-order valence-electron chi connectivity index (χ0n) is 9.86. The van der Waals surface area contributed by atoms with Crippen molar-refractivity contribution < 1.29 is 0 Å². The molecule has 1 atom stereocenters. The molecule has 0 aromatic carbocycles. The van der Waals surface area contributed by atoms with E-state index in [1.807, 2.05) is 18.2 Å². The zero-order chi connectivity index (χ0) is 11.5. The predicted molar refractivity (Wildman–Crippen MR) is 63.9 cm³/mol. The van der Waals surface area contributed by atoms with E-state index >= 15 is 0 Å². The lowest BCUT2D eigenvalue weighted by Gasteiger charge is -2.23. The Kier molecular flexibility index (Phi) is 3.45. The summed E-state index contributed by atoms with van der Waals surface area (Å²) < 4.78 is 0. The Morgan fingerprint density at radius 1 is 1.40 bits per heavy atom. The van der Waals surface area contributed by atoms with Crippen molar-refractivity contribution in [2.24, 2.45) is 16.1 Å². The van der Waals surface area contributed by atoms with Gasteiger partial charge in [-0.3, -0.25) is 9.98 Å². The first-order valence-corrected chi connectivity index (χ1v) is 5.16. The van der Waals surface area contributed by atoms with Crippen molar-refractivity contribution in [3.63, 3.8) is 0 Å². The Labute approximate surface area is 91.4 Å². The molecule has 0 saturated heterocycles. The van der Waals surface area contributed by atoms with Gasteiger partial charge in [0.25, 0.3) is 0 Å². The molecule has 15 heavy (non-hydrogen) atoms. The van der Waals surface area contributed by atoms with Crippen molar-refractivity contribution in [2.75, 3.05) is 0 Å². The molecular weight excluding hydrogens is 186 g/mol. The van der Waals surface area contributed by atoms with Crippen LogP contribution < -0.4 is 5.73 Å². The van der Waals surface area contributed by atoms with Gasteiger partial charge < -0.3 is 5.73 Å². The Hall–Kier alpha value is -1.38. The number of hydrogen-bond acceptors (Lipinski definition) is 2. The maximum absolute atomic E-state index is 5.88. The Morgan fingerprint density at radius 3 is 2.53 bits per heavy atom. The summed E-state index contributed by atoms with van der Waals surface area (Å²) in [5.41, 5.74) is 6.75. The van der Waals surface area contributed by atoms with Gasteiger partial charge in [-0.05, 0) is 24.5 Å². The van der Waals surface area contributed by atoms with Crippen LogP contribution in [-0.4, -0.2) is 16.9 Å². The van der Waals surface area contributed by atoms with Crippen LogP contribution in [0.4, 0.5) is 0 Å². The molecule has 3 nitrogen and oxygen atoms in total. The lowest BCUT2D eigenvalue weighted by molar-refractivity contribution is 0.341. The summed E-state index contributed by atoms with van der Waals surface area (Å²) in [6, 6.07) is 5.82. The summed E-state index contributed by atoms with van der Waals surface area (Å²) in [7, 11) is 0. The van der Waals surface area contributed by atoms with Gasteiger partial charge in [-0.2, -0.15) is 0 Å². The van der Waals surface area contributed by atoms with E-state index in [4.69, 9.17) is 5.73 Å². The molecule has 0 aliphatic rings. The van der Waals surface area contributed by atoms with Crippen molar-refractivity contribution in [1.29, 1.82) is 0 Å². The molecular formula is C12H19N3. The molecule has 1 aromatic rings. The van der Waals surface area contributed by atoms with E-state index in [9.17, 15) is 0 Å². The highest BCUT2D eigenvalue weighted by Gasteiger charge is 2.19. The zero-order valence-corrected chi connectivity index (χ0v) is 9.86. The highest BCUT2D eigenvalue weighted by atomic mass is 14.9. The molecule has 0 bridgehead atoms. The fraction of sp³-hybridized carbons (Fsp3) is 0.500. The molecule has 1 rings (SSSR count). The van der Waals surface area contributed by atoms with Crippen molar-refractivity contribution in [3.05, 3.63) is 30.1 Å². The van der Waals surface area contributed by atoms with Gasteiger partial charge in [-0.25, -0.2) is 0 Å². The number of aliphatic imine (C=N–C) groups is 1. The average Bonchev–Trinajstić information content (AvgIpc) is 2.17. The minimum Gasteiger partial charge on any atom is -0.382 e. The highest BCUT2D eigenvalue weighted by molar-refractivity contribution is 5.95. The van der Waals surface area contributed by atoms with Crippen molar-refractivity contribution in [3.8, 4) is 0 Å². The second-order valence-corrected chi connectivity index (χ2v) is 4.77. The second-order valence-electron chi connectivity index (χ2n) is 4.77. The van der Waals surface area contributed by atoms with Crippen LogP contribution in [0.3, 0.4) is 0 Å². The molecule has 0 saturated carbocycles. The number of nitrogens with two attached hydrogens (primary N) is 1. The third kappa shape index (κ3) is 3.35. The number of pyridine rings is 1. The molecule has 82 valence electrons. The molecule has 1 aromatic heterocycles. The number of rotatable bonds is 2. The highest BCUT2D eigenvalue weighted by Crippen LogP contribution is 2.21. The molecule has 0 amide bonds. The fourth-order valence-corrected chi connectivity index (χ4v) is 0.983. The topological polar surface area (TPSA) is 51.3 Å². The normalized spacial score (nSPS) is 15.1. The molecule has 0 aliphatic carbocycles. The van der Waals surface area contributed by atoms with Crippen LogP contribution in [-0.2, 0) is 0 Å². The van der Waals surface area contributed by atoms with E-state index in [1.54, 1.807) is 6.20 Å². The van der Waals surface area contributed by atoms with Gasteiger partial charge in [-0.15, -0.1) is 0 Å². The second kappa shape index (κ2) is 4.43. The van der Waals surface area contributed by atoms with Gasteiger partial charge in [-0.1, -0.05) is 26.8 Å². The molecule has 0 aliphatic heterocycles. The molecule has 0 radical (unpaired) electrons. The largest absolute Gasteiger partial charge is 0.382 e. The van der Waals surface area contributed by atoms with Gasteiger partial charge in [0.2, 0.25) is 0 Å². The third-order valence-corrected chi connectivity index (χ3v) is 2.51. The van der Waals surface area contributed by atoms with Gasteiger partial charge >= 0.3 is 0 Å². The van der Waals surface area contributed by atoms with Crippen LogP contribution in [0, 0.1) is 5.41 Å². The molecule has 1 heterocycles. The van der Waals surface area contributed by atoms with Crippen molar-refractivity contribution >= 4 is 5.84 Å². The van der Waals surface area contributed by atoms with E-state index < -0.39 is 0 Å². The van der Waals surface area contributed by atoms with Gasteiger partial charge in [0.05, 0.1) is 6.04 Å². The van der Waals surface area contributed by atoms with Crippen molar-refractivity contribution in [2.45, 2.75) is 33.7 Å². The fourth-order valence-electron chi connectivity index (χ4n) is 0.983. The Bertz CT molecular complexity index is 336. The third-order valence-electron chi connectivity index (χ3n) is 2.51. The average molecular weight is 205 g/mol. The number of hydrogen-bond donors (Lipinski definition) is 1. The summed E-state index contributed by atoms with van der Waals surface area (Å²) in [5.74, 6) is 0.512. The first-order chi connectivity index (χ1) is 6.91. The summed E-state index contributed by atoms with van der Waals surface area (Å²) in [4.78, 5) is 8.61. The van der Waals surface area contributed by atoms with Crippen LogP contribution in [0.1, 0.15) is 33.4 Å². The lowest BCUT2D eigenvalue weighted by Crippen LogP contribution is -2.26. The Balaban J connectivity index is 2.86. The van der Waals surface area contributed by atoms with Crippen LogP contribution in [0.2, 0.25) is 0 Å². The van der Waals surface area contributed by atoms with Crippen LogP contribution in [0.5, 0.6) is 0 Å². The smallest absolute Gasteiger partial charge is 0.144 e. The summed E-state index contributed by atoms with van der Waals surface area (Å²) in [6.07, 6.45) is 1.72.